The van der Waals surface area contributed by atoms with Crippen LogP contribution in [0.25, 0.3) is 0 Å². The topological polar surface area (TPSA) is 97.6 Å². The molecule has 2 rings (SSSR count). The Labute approximate surface area is 142 Å². The number of furan rings is 1. The summed E-state index contributed by atoms with van der Waals surface area (Å²) in [5, 5.41) is 3.24. The second-order valence-electron chi connectivity index (χ2n) is 5.36. The van der Waals surface area contributed by atoms with Crippen molar-refractivity contribution in [3.63, 3.8) is 0 Å². The summed E-state index contributed by atoms with van der Waals surface area (Å²) in [6.07, 6.45) is 2.05. The van der Waals surface area contributed by atoms with Crippen LogP contribution in [0.15, 0.2) is 15.4 Å². The first-order valence-electron chi connectivity index (χ1n) is 7.35. The van der Waals surface area contributed by atoms with Gasteiger partial charge in [-0.1, -0.05) is 6.92 Å². The van der Waals surface area contributed by atoms with Gasteiger partial charge in [-0.3, -0.25) is 0 Å². The van der Waals surface area contributed by atoms with E-state index in [0.717, 1.165) is 19.4 Å². The van der Waals surface area contributed by atoms with E-state index in [1.54, 1.807) is 6.92 Å². The van der Waals surface area contributed by atoms with Gasteiger partial charge in [0.05, 0.1) is 7.11 Å². The number of hydrogen-bond donors (Lipinski definition) is 2. The summed E-state index contributed by atoms with van der Waals surface area (Å²) in [6.45, 7) is 4.60. The van der Waals surface area contributed by atoms with Gasteiger partial charge in [-0.05, 0) is 26.3 Å². The maximum atomic E-state index is 12.6. The lowest BCUT2D eigenvalue weighted by Crippen LogP contribution is -2.51. The molecule has 1 aromatic rings. The molecule has 1 saturated heterocycles. The van der Waals surface area contributed by atoms with Gasteiger partial charge in [0.2, 0.25) is 15.8 Å². The molecule has 0 radical (unpaired) electrons. The van der Waals surface area contributed by atoms with E-state index in [1.165, 1.54) is 13.2 Å². The summed E-state index contributed by atoms with van der Waals surface area (Å²) in [5.74, 6) is -0.539. The van der Waals surface area contributed by atoms with Gasteiger partial charge in [-0.2, -0.15) is 0 Å². The van der Waals surface area contributed by atoms with E-state index in [-0.39, 0.29) is 40.9 Å². The Balaban J connectivity index is 0.00000264. The van der Waals surface area contributed by atoms with Crippen LogP contribution in [-0.4, -0.2) is 40.1 Å². The van der Waals surface area contributed by atoms with E-state index >= 15 is 0 Å². The number of methoxy groups -OCH3 is 1. The molecular weight excluding hydrogens is 344 g/mol. The van der Waals surface area contributed by atoms with E-state index in [1.807, 2.05) is 6.92 Å². The quantitative estimate of drug-likeness (QED) is 0.766. The van der Waals surface area contributed by atoms with Crippen LogP contribution in [0.4, 0.5) is 0 Å². The Morgan fingerprint density at radius 2 is 2.22 bits per heavy atom. The number of ether oxygens (including phenoxy) is 1. The number of rotatable bonds is 5. The summed E-state index contributed by atoms with van der Waals surface area (Å²) in [6, 6.07) is 1.11. The first-order valence-corrected chi connectivity index (χ1v) is 8.84. The van der Waals surface area contributed by atoms with E-state index in [4.69, 9.17) is 4.42 Å². The third-order valence-corrected chi connectivity index (χ3v) is 5.37. The molecule has 23 heavy (non-hydrogen) atoms. The summed E-state index contributed by atoms with van der Waals surface area (Å²) in [5.41, 5.74) is 0. The van der Waals surface area contributed by atoms with Gasteiger partial charge in [0.15, 0.2) is 0 Å². The molecule has 1 aliphatic rings. The van der Waals surface area contributed by atoms with Crippen LogP contribution in [0.2, 0.25) is 0 Å². The molecule has 0 saturated carbocycles. The molecule has 132 valence electrons. The number of piperidine rings is 1. The predicted molar refractivity (Wildman–Crippen MR) is 87.5 cm³/mol. The van der Waals surface area contributed by atoms with E-state index in [2.05, 4.69) is 14.8 Å². The molecule has 1 fully saturated rings. The highest BCUT2D eigenvalue weighted by atomic mass is 35.5. The van der Waals surface area contributed by atoms with Crippen molar-refractivity contribution in [2.45, 2.75) is 50.1 Å². The van der Waals surface area contributed by atoms with Crippen molar-refractivity contribution in [1.82, 2.24) is 10.0 Å². The molecule has 0 aromatic carbocycles. The lowest BCUT2D eigenvalue weighted by Gasteiger charge is -2.30. The monoisotopic (exact) mass is 366 g/mol. The van der Waals surface area contributed by atoms with Crippen LogP contribution in [0.1, 0.15) is 43.0 Å². The molecular formula is C14H23ClN2O5S. The molecule has 0 bridgehead atoms. The van der Waals surface area contributed by atoms with Gasteiger partial charge in [-0.25, -0.2) is 17.9 Å². The first kappa shape index (κ1) is 20.0. The molecule has 1 aromatic heterocycles. The molecule has 2 atom stereocenters. The van der Waals surface area contributed by atoms with Gasteiger partial charge >= 0.3 is 5.97 Å². The van der Waals surface area contributed by atoms with Gasteiger partial charge in [0, 0.05) is 24.6 Å². The largest absolute Gasteiger partial charge is 0.463 e. The van der Waals surface area contributed by atoms with E-state index in [9.17, 15) is 13.2 Å². The van der Waals surface area contributed by atoms with Crippen LogP contribution >= 0.6 is 12.4 Å². The summed E-state index contributed by atoms with van der Waals surface area (Å²) < 4.78 is 37.8. The minimum absolute atomic E-state index is 0. The zero-order valence-corrected chi connectivity index (χ0v) is 15.1. The van der Waals surface area contributed by atoms with Crippen molar-refractivity contribution in [3.05, 3.63) is 17.6 Å². The Morgan fingerprint density at radius 1 is 1.52 bits per heavy atom. The third-order valence-electron chi connectivity index (χ3n) is 3.84. The smallest absolute Gasteiger partial charge is 0.373 e. The van der Waals surface area contributed by atoms with Crippen molar-refractivity contribution >= 4 is 28.4 Å². The van der Waals surface area contributed by atoms with Crippen LogP contribution in [0, 0.1) is 0 Å². The lowest BCUT2D eigenvalue weighted by atomic mass is 10.0. The highest BCUT2D eigenvalue weighted by Gasteiger charge is 2.30. The van der Waals surface area contributed by atoms with E-state index in [0.29, 0.717) is 6.42 Å². The molecule has 0 spiro atoms. The first-order chi connectivity index (χ1) is 10.4. The average Bonchev–Trinajstić information content (AvgIpc) is 2.94. The summed E-state index contributed by atoms with van der Waals surface area (Å²) in [4.78, 5) is 11.5. The fraction of sp³-hybridized carbons (Fsp3) is 0.643. The standard InChI is InChI=1S/C14H22N2O5S.ClH/c1-4-11-13(8-12(21-11)14(17)20-3)22(18,19)16-10-6-5-7-15-9(10)2;/h8-10,15-16H,4-7H2,1-3H3;1H. The maximum absolute atomic E-state index is 12.6. The third kappa shape index (κ3) is 4.47. The molecule has 0 aliphatic carbocycles. The van der Waals surface area contributed by atoms with Crippen molar-refractivity contribution in [2.24, 2.45) is 0 Å². The van der Waals surface area contributed by atoms with Crippen LogP contribution in [0.5, 0.6) is 0 Å². The number of halogens is 1. The number of nitrogens with one attached hydrogen (secondary N) is 2. The number of esters is 1. The Hall–Kier alpha value is -1.09. The Morgan fingerprint density at radius 3 is 2.78 bits per heavy atom. The van der Waals surface area contributed by atoms with Crippen molar-refractivity contribution < 1.29 is 22.4 Å². The second-order valence-corrected chi connectivity index (χ2v) is 7.04. The van der Waals surface area contributed by atoms with Gasteiger partial charge in [0.25, 0.3) is 0 Å². The fourth-order valence-electron chi connectivity index (χ4n) is 2.55. The summed E-state index contributed by atoms with van der Waals surface area (Å²) in [7, 11) is -2.53. The minimum atomic E-state index is -3.75. The zero-order valence-electron chi connectivity index (χ0n) is 13.4. The average molecular weight is 367 g/mol. The zero-order chi connectivity index (χ0) is 16.3. The van der Waals surface area contributed by atoms with Crippen LogP contribution < -0.4 is 10.0 Å². The van der Waals surface area contributed by atoms with Crippen molar-refractivity contribution in [1.29, 1.82) is 0 Å². The molecule has 9 heteroatoms. The van der Waals surface area contributed by atoms with E-state index < -0.39 is 16.0 Å². The van der Waals surface area contributed by atoms with Gasteiger partial charge in [0.1, 0.15) is 10.7 Å². The molecule has 2 heterocycles. The number of carbonyl (C=O) groups is 1. The van der Waals surface area contributed by atoms with Crippen molar-refractivity contribution in [3.8, 4) is 0 Å². The predicted octanol–water partition coefficient (Wildman–Crippen LogP) is 1.47. The molecule has 7 nitrogen and oxygen atoms in total. The number of sulfonamides is 1. The number of carbonyl (C=O) groups excluding carboxylic acids is 1. The number of aryl methyl sites for hydroxylation is 1. The summed E-state index contributed by atoms with van der Waals surface area (Å²) >= 11 is 0. The normalized spacial score (nSPS) is 21.5. The maximum Gasteiger partial charge on any atom is 0.373 e. The second kappa shape index (κ2) is 8.14. The Bertz CT molecular complexity index is 644. The molecule has 2 unspecified atom stereocenters. The van der Waals surface area contributed by atoms with Crippen LogP contribution in [-0.2, 0) is 21.2 Å². The van der Waals surface area contributed by atoms with Gasteiger partial charge in [-0.15, -0.1) is 12.4 Å². The molecule has 1 aliphatic heterocycles. The Kier molecular flexibility index (Phi) is 7.06. The lowest BCUT2D eigenvalue weighted by molar-refractivity contribution is 0.0563. The molecule has 0 amide bonds. The highest BCUT2D eigenvalue weighted by Crippen LogP contribution is 2.23. The van der Waals surface area contributed by atoms with Crippen LogP contribution in [0.3, 0.4) is 0 Å². The van der Waals surface area contributed by atoms with Crippen molar-refractivity contribution in [2.75, 3.05) is 13.7 Å². The van der Waals surface area contributed by atoms with Gasteiger partial charge < -0.3 is 14.5 Å². The minimum Gasteiger partial charge on any atom is -0.463 e. The SMILES string of the molecule is CCc1oc(C(=O)OC)cc1S(=O)(=O)NC1CCCNC1C.Cl. The fourth-order valence-corrected chi connectivity index (χ4v) is 4.15. The number of hydrogen-bond acceptors (Lipinski definition) is 6. The molecule has 2 N–H and O–H groups in total. The highest BCUT2D eigenvalue weighted by molar-refractivity contribution is 7.89.